The van der Waals surface area contributed by atoms with Crippen LogP contribution in [0.3, 0.4) is 0 Å². The summed E-state index contributed by atoms with van der Waals surface area (Å²) in [6, 6.07) is 12.7. The summed E-state index contributed by atoms with van der Waals surface area (Å²) in [6.07, 6.45) is 2.87. The van der Waals surface area contributed by atoms with Crippen LogP contribution in [0.2, 0.25) is 0 Å². The molecule has 2 N–H and O–H groups in total. The van der Waals surface area contributed by atoms with E-state index < -0.39 is 11.9 Å². The van der Waals surface area contributed by atoms with Crippen LogP contribution >= 0.6 is 0 Å². The number of esters is 1. The van der Waals surface area contributed by atoms with E-state index >= 15 is 0 Å². The molecule has 7 nitrogen and oxygen atoms in total. The second kappa shape index (κ2) is 8.97. The summed E-state index contributed by atoms with van der Waals surface area (Å²) in [6.45, 7) is 5.98. The molecule has 29 heavy (non-hydrogen) atoms. The zero-order valence-electron chi connectivity index (χ0n) is 16.5. The van der Waals surface area contributed by atoms with Gasteiger partial charge in [-0.25, -0.2) is 14.8 Å². The maximum atomic E-state index is 12.6. The minimum absolute atomic E-state index is 0.254. The van der Waals surface area contributed by atoms with Crippen LogP contribution in [0.4, 0.5) is 17.3 Å². The van der Waals surface area contributed by atoms with Crippen molar-refractivity contribution in [3.63, 3.8) is 0 Å². The molecule has 0 spiro atoms. The lowest BCUT2D eigenvalue weighted by atomic mass is 10.1. The fourth-order valence-corrected chi connectivity index (χ4v) is 2.67. The summed E-state index contributed by atoms with van der Waals surface area (Å²) in [4.78, 5) is 33.0. The standard InChI is InChI=1S/C22H22N4O3/c1-4-29-21(28)17-7-5-6-8-18(17)25-20(27)16-12-23-22(24-13-16)26-19-11-14(2)9-10-15(19)3/h5-13H,4H2,1-3H3,(H,25,27)(H,23,24,26). The summed E-state index contributed by atoms with van der Waals surface area (Å²) in [5, 5.41) is 5.86. The molecule has 2 aromatic carbocycles. The maximum absolute atomic E-state index is 12.6. The molecule has 0 unspecified atom stereocenters. The molecular formula is C22H22N4O3. The summed E-state index contributed by atoms with van der Waals surface area (Å²) in [5.74, 6) is -0.519. The zero-order valence-corrected chi connectivity index (χ0v) is 16.5. The number of para-hydroxylation sites is 1. The predicted molar refractivity (Wildman–Crippen MR) is 112 cm³/mol. The molecule has 0 bridgehead atoms. The van der Waals surface area contributed by atoms with Crippen LogP contribution in [0, 0.1) is 13.8 Å². The monoisotopic (exact) mass is 390 g/mol. The number of ether oxygens (including phenoxy) is 1. The zero-order chi connectivity index (χ0) is 20.8. The lowest BCUT2D eigenvalue weighted by Crippen LogP contribution is -2.16. The molecule has 0 aliphatic rings. The summed E-state index contributed by atoms with van der Waals surface area (Å²) >= 11 is 0. The van der Waals surface area contributed by atoms with Crippen LogP contribution in [0.1, 0.15) is 38.8 Å². The van der Waals surface area contributed by atoms with E-state index in [1.165, 1.54) is 12.4 Å². The average molecular weight is 390 g/mol. The highest BCUT2D eigenvalue weighted by atomic mass is 16.5. The van der Waals surface area contributed by atoms with Gasteiger partial charge >= 0.3 is 5.97 Å². The lowest BCUT2D eigenvalue weighted by molar-refractivity contribution is 0.0527. The summed E-state index contributed by atoms with van der Waals surface area (Å²) < 4.78 is 5.02. The van der Waals surface area contributed by atoms with Gasteiger partial charge in [-0.05, 0) is 50.1 Å². The van der Waals surface area contributed by atoms with Gasteiger partial charge in [0.05, 0.1) is 23.4 Å². The third-order valence-corrected chi connectivity index (χ3v) is 4.22. The fourth-order valence-electron chi connectivity index (χ4n) is 2.67. The number of aromatic nitrogens is 2. The molecule has 0 aliphatic carbocycles. The van der Waals surface area contributed by atoms with Crippen molar-refractivity contribution in [2.45, 2.75) is 20.8 Å². The van der Waals surface area contributed by atoms with Gasteiger partial charge in [0, 0.05) is 18.1 Å². The Morgan fingerprint density at radius 1 is 1.00 bits per heavy atom. The largest absolute Gasteiger partial charge is 0.462 e. The molecule has 1 aromatic heterocycles. The highest BCUT2D eigenvalue weighted by Gasteiger charge is 2.15. The number of hydrogen-bond donors (Lipinski definition) is 2. The van der Waals surface area contributed by atoms with Crippen LogP contribution in [0.5, 0.6) is 0 Å². The topological polar surface area (TPSA) is 93.2 Å². The lowest BCUT2D eigenvalue weighted by Gasteiger charge is -2.11. The Balaban J connectivity index is 1.73. The van der Waals surface area contributed by atoms with Gasteiger partial charge in [-0.1, -0.05) is 24.3 Å². The minimum Gasteiger partial charge on any atom is -0.462 e. The Bertz CT molecular complexity index is 1030. The predicted octanol–water partition coefficient (Wildman–Crippen LogP) is 4.27. The molecule has 148 valence electrons. The fraction of sp³-hybridized carbons (Fsp3) is 0.182. The van der Waals surface area contributed by atoms with E-state index in [2.05, 4.69) is 20.6 Å². The van der Waals surface area contributed by atoms with Gasteiger partial charge in [0.15, 0.2) is 0 Å². The van der Waals surface area contributed by atoms with E-state index in [9.17, 15) is 9.59 Å². The number of carbonyl (C=O) groups excluding carboxylic acids is 2. The first-order valence-electron chi connectivity index (χ1n) is 9.21. The Morgan fingerprint density at radius 2 is 1.72 bits per heavy atom. The Kier molecular flexibility index (Phi) is 6.19. The molecule has 0 radical (unpaired) electrons. The van der Waals surface area contributed by atoms with Crippen LogP contribution in [-0.4, -0.2) is 28.5 Å². The number of nitrogens with zero attached hydrogens (tertiary/aromatic N) is 2. The van der Waals surface area contributed by atoms with Crippen molar-refractivity contribution in [1.29, 1.82) is 0 Å². The summed E-state index contributed by atoms with van der Waals surface area (Å²) in [5.41, 5.74) is 4.03. The first-order chi connectivity index (χ1) is 14.0. The molecule has 0 fully saturated rings. The van der Waals surface area contributed by atoms with E-state index in [4.69, 9.17) is 4.74 Å². The van der Waals surface area contributed by atoms with Gasteiger partial charge in [0.1, 0.15) is 0 Å². The van der Waals surface area contributed by atoms with Crippen LogP contribution in [-0.2, 0) is 4.74 Å². The minimum atomic E-state index is -0.493. The normalized spacial score (nSPS) is 10.3. The Hall–Kier alpha value is -3.74. The Morgan fingerprint density at radius 3 is 2.45 bits per heavy atom. The number of anilines is 3. The number of amides is 1. The molecule has 0 atom stereocenters. The van der Waals surface area contributed by atoms with E-state index in [1.54, 1.807) is 31.2 Å². The second-order valence-corrected chi connectivity index (χ2v) is 6.46. The molecule has 7 heteroatoms. The van der Waals surface area contributed by atoms with Crippen LogP contribution in [0.15, 0.2) is 54.9 Å². The first kappa shape index (κ1) is 20.0. The molecule has 3 aromatic rings. The molecule has 3 rings (SSSR count). The smallest absolute Gasteiger partial charge is 0.340 e. The summed E-state index contributed by atoms with van der Waals surface area (Å²) in [7, 11) is 0. The van der Waals surface area contributed by atoms with Crippen molar-refractivity contribution in [3.05, 3.63) is 77.1 Å². The van der Waals surface area contributed by atoms with Gasteiger partial charge in [0.25, 0.3) is 5.91 Å². The number of nitrogens with one attached hydrogen (secondary N) is 2. The van der Waals surface area contributed by atoms with Crippen molar-refractivity contribution >= 4 is 29.2 Å². The van der Waals surface area contributed by atoms with E-state index in [0.29, 0.717) is 11.6 Å². The second-order valence-electron chi connectivity index (χ2n) is 6.46. The van der Waals surface area contributed by atoms with Crippen molar-refractivity contribution in [3.8, 4) is 0 Å². The number of carbonyl (C=O) groups is 2. The third kappa shape index (κ3) is 4.95. The molecule has 1 heterocycles. The Labute approximate surface area is 169 Å². The highest BCUT2D eigenvalue weighted by molar-refractivity contribution is 6.07. The number of hydrogen-bond acceptors (Lipinski definition) is 6. The van der Waals surface area contributed by atoms with Gasteiger partial charge in [0.2, 0.25) is 5.95 Å². The first-order valence-corrected chi connectivity index (χ1v) is 9.21. The van der Waals surface area contributed by atoms with Gasteiger partial charge in [-0.3, -0.25) is 4.79 Å². The SMILES string of the molecule is CCOC(=O)c1ccccc1NC(=O)c1cnc(Nc2cc(C)ccc2C)nc1. The van der Waals surface area contributed by atoms with E-state index in [1.807, 2.05) is 32.0 Å². The van der Waals surface area contributed by atoms with Crippen molar-refractivity contribution in [1.82, 2.24) is 9.97 Å². The van der Waals surface area contributed by atoms with Gasteiger partial charge in [-0.15, -0.1) is 0 Å². The van der Waals surface area contributed by atoms with Crippen LogP contribution < -0.4 is 10.6 Å². The number of aryl methyl sites for hydroxylation is 2. The number of benzene rings is 2. The van der Waals surface area contributed by atoms with Gasteiger partial charge < -0.3 is 15.4 Å². The van der Waals surface area contributed by atoms with Crippen molar-refractivity contribution in [2.24, 2.45) is 0 Å². The molecule has 0 aliphatic heterocycles. The molecule has 0 saturated heterocycles. The van der Waals surface area contributed by atoms with E-state index in [-0.39, 0.29) is 17.7 Å². The van der Waals surface area contributed by atoms with Crippen molar-refractivity contribution in [2.75, 3.05) is 17.2 Å². The van der Waals surface area contributed by atoms with Gasteiger partial charge in [-0.2, -0.15) is 0 Å². The average Bonchev–Trinajstić information content (AvgIpc) is 2.72. The third-order valence-electron chi connectivity index (χ3n) is 4.22. The molecule has 1 amide bonds. The number of rotatable bonds is 6. The molecule has 0 saturated carbocycles. The highest BCUT2D eigenvalue weighted by Crippen LogP contribution is 2.20. The van der Waals surface area contributed by atoms with E-state index in [0.717, 1.165) is 16.8 Å². The van der Waals surface area contributed by atoms with Crippen LogP contribution in [0.25, 0.3) is 0 Å². The maximum Gasteiger partial charge on any atom is 0.340 e. The van der Waals surface area contributed by atoms with Crippen molar-refractivity contribution < 1.29 is 14.3 Å². The quantitative estimate of drug-likeness (QED) is 0.611. The molecular weight excluding hydrogens is 368 g/mol.